The lowest BCUT2D eigenvalue weighted by molar-refractivity contribution is -0.384. The number of amides is 1. The van der Waals surface area contributed by atoms with E-state index in [1.807, 2.05) is 15.9 Å². The molecule has 1 aromatic rings. The summed E-state index contributed by atoms with van der Waals surface area (Å²) >= 11 is 0. The average molecular weight is 286 g/mol. The first-order valence-electron chi connectivity index (χ1n) is 6.83. The summed E-state index contributed by atoms with van der Waals surface area (Å²) in [6, 6.07) is 6.57. The summed E-state index contributed by atoms with van der Waals surface area (Å²) < 4.78 is 0. The zero-order valence-electron chi connectivity index (χ0n) is 11.4. The third-order valence-electron chi connectivity index (χ3n) is 4.15. The summed E-state index contributed by atoms with van der Waals surface area (Å²) in [5.74, 6) is 0.198. The Morgan fingerprint density at radius 2 is 2.19 bits per heavy atom. The fourth-order valence-electron chi connectivity index (χ4n) is 3.09. The number of non-ortho nitro benzene ring substituents is 1. The van der Waals surface area contributed by atoms with Crippen molar-refractivity contribution in [2.24, 2.45) is 0 Å². The number of fused-ring (bicyclic) bond motifs is 1. The van der Waals surface area contributed by atoms with Crippen LogP contribution in [-0.4, -0.2) is 41.4 Å². The molecule has 0 saturated carbocycles. The number of piperazine rings is 1. The van der Waals surface area contributed by atoms with Gasteiger partial charge in [-0.3, -0.25) is 14.9 Å². The number of carbonyl (C=O) groups excluding carboxylic acids is 1. The molecule has 0 N–H and O–H groups in total. The fraction of sp³-hybridized carbons (Fsp3) is 0.429. The molecular formula is C14H14N4O3. The van der Waals surface area contributed by atoms with E-state index in [2.05, 4.69) is 0 Å². The topological polar surface area (TPSA) is 90.5 Å². The van der Waals surface area contributed by atoms with E-state index in [0.717, 1.165) is 6.42 Å². The smallest absolute Gasteiger partial charge is 0.270 e. The first-order valence-corrected chi connectivity index (χ1v) is 6.83. The molecule has 108 valence electrons. The van der Waals surface area contributed by atoms with Crippen molar-refractivity contribution >= 4 is 17.3 Å². The maximum atomic E-state index is 11.7. The van der Waals surface area contributed by atoms with Gasteiger partial charge in [0, 0.05) is 44.2 Å². The molecule has 2 aliphatic rings. The van der Waals surface area contributed by atoms with Crippen LogP contribution in [0.3, 0.4) is 0 Å². The Bertz CT molecular complexity index is 652. The maximum Gasteiger partial charge on any atom is 0.270 e. The van der Waals surface area contributed by atoms with E-state index in [1.54, 1.807) is 6.07 Å². The Hall–Kier alpha value is -2.62. The van der Waals surface area contributed by atoms with Crippen LogP contribution >= 0.6 is 0 Å². The molecule has 0 bridgehead atoms. The van der Waals surface area contributed by atoms with Crippen molar-refractivity contribution in [3.05, 3.63) is 33.9 Å². The highest BCUT2D eigenvalue weighted by atomic mass is 16.6. The minimum absolute atomic E-state index is 0.0787. The van der Waals surface area contributed by atoms with E-state index in [1.165, 1.54) is 12.1 Å². The largest absolute Gasteiger partial charge is 0.367 e. The predicted octanol–water partition coefficient (Wildman–Crippen LogP) is 1.28. The third kappa shape index (κ3) is 2.29. The van der Waals surface area contributed by atoms with Crippen molar-refractivity contribution in [3.63, 3.8) is 0 Å². The first-order chi connectivity index (χ1) is 10.1. The monoisotopic (exact) mass is 286 g/mol. The van der Waals surface area contributed by atoms with E-state index in [0.29, 0.717) is 37.3 Å². The highest BCUT2D eigenvalue weighted by Gasteiger charge is 2.36. The Balaban J connectivity index is 1.86. The molecule has 2 heterocycles. The standard InChI is InChI=1S/C14H14N4O3/c15-8-10-7-11(18(20)21)1-3-13(10)16-5-6-17-12(9-16)2-4-14(17)19/h1,3,7,12H,2,4-6,9H2. The molecule has 0 aromatic heterocycles. The van der Waals surface area contributed by atoms with Crippen molar-refractivity contribution < 1.29 is 9.72 Å². The second-order valence-electron chi connectivity index (χ2n) is 5.30. The van der Waals surface area contributed by atoms with Gasteiger partial charge in [0.15, 0.2) is 0 Å². The molecule has 2 saturated heterocycles. The van der Waals surface area contributed by atoms with Crippen LogP contribution in [0.2, 0.25) is 0 Å². The Kier molecular flexibility index (Phi) is 3.22. The lowest BCUT2D eigenvalue weighted by atomic mass is 10.1. The summed E-state index contributed by atoms with van der Waals surface area (Å²) in [4.78, 5) is 25.9. The summed E-state index contributed by atoms with van der Waals surface area (Å²) in [6.45, 7) is 1.97. The number of nitro benzene ring substituents is 1. The predicted molar refractivity (Wildman–Crippen MR) is 74.8 cm³/mol. The van der Waals surface area contributed by atoms with Crippen molar-refractivity contribution in [1.82, 2.24) is 4.90 Å². The fourth-order valence-corrected chi connectivity index (χ4v) is 3.09. The highest BCUT2D eigenvalue weighted by molar-refractivity contribution is 5.79. The van der Waals surface area contributed by atoms with Gasteiger partial charge in [-0.15, -0.1) is 0 Å². The van der Waals surface area contributed by atoms with Gasteiger partial charge in [0.25, 0.3) is 5.69 Å². The zero-order chi connectivity index (χ0) is 15.0. The van der Waals surface area contributed by atoms with Crippen LogP contribution in [0, 0.1) is 21.4 Å². The molecular weight excluding hydrogens is 272 g/mol. The normalized spacial score (nSPS) is 21.1. The average Bonchev–Trinajstić information content (AvgIpc) is 2.87. The molecule has 2 aliphatic heterocycles. The number of hydrogen-bond acceptors (Lipinski definition) is 5. The molecule has 1 aromatic carbocycles. The molecule has 21 heavy (non-hydrogen) atoms. The molecule has 7 nitrogen and oxygen atoms in total. The number of nitriles is 1. The van der Waals surface area contributed by atoms with Gasteiger partial charge in [-0.25, -0.2) is 0 Å². The van der Waals surface area contributed by atoms with Gasteiger partial charge in [-0.05, 0) is 12.5 Å². The molecule has 2 fully saturated rings. The van der Waals surface area contributed by atoms with Crippen LogP contribution in [0.25, 0.3) is 0 Å². The molecule has 7 heteroatoms. The van der Waals surface area contributed by atoms with Crippen LogP contribution in [0.15, 0.2) is 18.2 Å². The van der Waals surface area contributed by atoms with Gasteiger partial charge in [0.2, 0.25) is 5.91 Å². The van der Waals surface area contributed by atoms with Crippen LogP contribution < -0.4 is 4.90 Å². The second kappa shape index (κ2) is 5.05. The number of rotatable bonds is 2. The molecule has 1 unspecified atom stereocenters. The van der Waals surface area contributed by atoms with Gasteiger partial charge >= 0.3 is 0 Å². The number of hydrogen-bond donors (Lipinski definition) is 0. The quantitative estimate of drug-likeness (QED) is 0.603. The van der Waals surface area contributed by atoms with E-state index in [-0.39, 0.29) is 17.6 Å². The Morgan fingerprint density at radius 3 is 2.90 bits per heavy atom. The first kappa shape index (κ1) is 13.4. The van der Waals surface area contributed by atoms with Gasteiger partial charge in [0.1, 0.15) is 6.07 Å². The van der Waals surface area contributed by atoms with Crippen molar-refractivity contribution in [2.75, 3.05) is 24.5 Å². The second-order valence-corrected chi connectivity index (χ2v) is 5.30. The van der Waals surface area contributed by atoms with Crippen LogP contribution in [-0.2, 0) is 4.79 Å². The zero-order valence-corrected chi connectivity index (χ0v) is 11.4. The molecule has 0 radical (unpaired) electrons. The minimum atomic E-state index is -0.502. The van der Waals surface area contributed by atoms with Gasteiger partial charge in [0.05, 0.1) is 16.2 Å². The van der Waals surface area contributed by atoms with Gasteiger partial charge in [-0.2, -0.15) is 5.26 Å². The van der Waals surface area contributed by atoms with Crippen LogP contribution in [0.1, 0.15) is 18.4 Å². The third-order valence-corrected chi connectivity index (χ3v) is 4.15. The Morgan fingerprint density at radius 1 is 1.38 bits per heavy atom. The molecule has 3 rings (SSSR count). The van der Waals surface area contributed by atoms with E-state index >= 15 is 0 Å². The summed E-state index contributed by atoms with van der Waals surface area (Å²) in [7, 11) is 0. The van der Waals surface area contributed by atoms with Gasteiger partial charge < -0.3 is 9.80 Å². The van der Waals surface area contributed by atoms with Crippen molar-refractivity contribution in [2.45, 2.75) is 18.9 Å². The highest BCUT2D eigenvalue weighted by Crippen LogP contribution is 2.30. The number of carbonyl (C=O) groups is 1. The lowest BCUT2D eigenvalue weighted by Gasteiger charge is -2.39. The summed E-state index contributed by atoms with van der Waals surface area (Å²) in [5, 5.41) is 20.0. The van der Waals surface area contributed by atoms with Gasteiger partial charge in [-0.1, -0.05) is 0 Å². The van der Waals surface area contributed by atoms with Crippen molar-refractivity contribution in [1.29, 1.82) is 5.26 Å². The maximum absolute atomic E-state index is 11.7. The van der Waals surface area contributed by atoms with Crippen LogP contribution in [0.4, 0.5) is 11.4 Å². The van der Waals surface area contributed by atoms with Crippen LogP contribution in [0.5, 0.6) is 0 Å². The van der Waals surface area contributed by atoms with E-state index < -0.39 is 4.92 Å². The van der Waals surface area contributed by atoms with E-state index in [9.17, 15) is 20.2 Å². The SMILES string of the molecule is N#Cc1cc([N+](=O)[O-])ccc1N1CCN2C(=O)CCC2C1. The molecule has 1 atom stereocenters. The van der Waals surface area contributed by atoms with Crippen molar-refractivity contribution in [3.8, 4) is 6.07 Å². The van der Waals surface area contributed by atoms with E-state index in [4.69, 9.17) is 0 Å². The molecule has 1 amide bonds. The number of nitro groups is 1. The summed E-state index contributed by atoms with van der Waals surface area (Å²) in [5.41, 5.74) is 0.939. The number of benzene rings is 1. The number of anilines is 1. The number of nitrogens with zero attached hydrogens (tertiary/aromatic N) is 4. The Labute approximate surface area is 121 Å². The molecule has 0 spiro atoms. The summed E-state index contributed by atoms with van der Waals surface area (Å²) in [6.07, 6.45) is 1.42. The molecule has 0 aliphatic carbocycles. The lowest BCUT2D eigenvalue weighted by Crippen LogP contribution is -2.51. The minimum Gasteiger partial charge on any atom is -0.367 e.